The highest BCUT2D eigenvalue weighted by Crippen LogP contribution is 2.55. The molecule has 0 bridgehead atoms. The average molecular weight is 532 g/mol. The van der Waals surface area contributed by atoms with Crippen LogP contribution in [0.15, 0.2) is 66.7 Å². The Bertz CT molecular complexity index is 1350. The van der Waals surface area contributed by atoms with E-state index >= 15 is 0 Å². The van der Waals surface area contributed by atoms with E-state index in [1.807, 2.05) is 0 Å². The van der Waals surface area contributed by atoms with E-state index in [0.717, 1.165) is 12.1 Å². The van der Waals surface area contributed by atoms with Gasteiger partial charge in [0.1, 0.15) is 11.6 Å². The number of hydrogen-bond donors (Lipinski definition) is 1. The average Bonchev–Trinajstić information content (AvgIpc) is 3.42. The van der Waals surface area contributed by atoms with Crippen molar-refractivity contribution in [3.63, 3.8) is 0 Å². The third kappa shape index (κ3) is 4.37. The molecule has 2 aliphatic rings. The predicted molar refractivity (Wildman–Crippen MR) is 132 cm³/mol. The summed E-state index contributed by atoms with van der Waals surface area (Å²) in [6.45, 7) is 0.292. The van der Waals surface area contributed by atoms with Crippen molar-refractivity contribution in [2.45, 2.75) is 17.6 Å². The van der Waals surface area contributed by atoms with Crippen LogP contribution in [0.3, 0.4) is 0 Å². The molecule has 2 heterocycles. The maximum absolute atomic E-state index is 14.0. The SMILES string of the molecule is COc1ccc2c(c1)C1(SCCN1C(=O)Nc1ccc(F)cc1)C(=O)N2Cc1ccc(C(F)(F)F)cc1. The maximum atomic E-state index is 14.0. The zero-order chi connectivity index (χ0) is 26.4. The number of alkyl halides is 3. The molecule has 3 amide bonds. The Hall–Kier alpha value is -3.73. The van der Waals surface area contributed by atoms with E-state index in [4.69, 9.17) is 4.74 Å². The van der Waals surface area contributed by atoms with Crippen molar-refractivity contribution in [3.05, 3.63) is 89.2 Å². The van der Waals surface area contributed by atoms with Crippen LogP contribution in [0.2, 0.25) is 0 Å². The first-order valence-corrected chi connectivity index (χ1v) is 12.3. The van der Waals surface area contributed by atoms with Crippen molar-refractivity contribution in [3.8, 4) is 5.75 Å². The summed E-state index contributed by atoms with van der Waals surface area (Å²) in [5, 5.41) is 2.73. The molecule has 37 heavy (non-hydrogen) atoms. The number of amides is 3. The van der Waals surface area contributed by atoms with Gasteiger partial charge in [-0.3, -0.25) is 9.69 Å². The Kier molecular flexibility index (Phi) is 6.26. The van der Waals surface area contributed by atoms with E-state index in [1.54, 1.807) is 18.2 Å². The monoisotopic (exact) mass is 531 g/mol. The minimum absolute atomic E-state index is 0.0199. The molecule has 0 saturated carbocycles. The molecule has 6 nitrogen and oxygen atoms in total. The fourth-order valence-electron chi connectivity index (χ4n) is 4.58. The molecule has 0 aromatic heterocycles. The van der Waals surface area contributed by atoms with Crippen molar-refractivity contribution in [1.29, 1.82) is 0 Å². The lowest BCUT2D eigenvalue weighted by Gasteiger charge is -2.33. The van der Waals surface area contributed by atoms with Crippen LogP contribution in [-0.2, 0) is 22.4 Å². The van der Waals surface area contributed by atoms with Gasteiger partial charge >= 0.3 is 12.2 Å². The van der Waals surface area contributed by atoms with E-state index in [2.05, 4.69) is 5.32 Å². The number of thioether (sulfide) groups is 1. The highest BCUT2D eigenvalue weighted by Gasteiger charge is 2.59. The van der Waals surface area contributed by atoms with E-state index in [-0.39, 0.29) is 19.0 Å². The van der Waals surface area contributed by atoms with Crippen molar-refractivity contribution < 1.29 is 31.9 Å². The lowest BCUT2D eigenvalue weighted by molar-refractivity contribution is -0.137. The van der Waals surface area contributed by atoms with Crippen LogP contribution >= 0.6 is 11.8 Å². The summed E-state index contributed by atoms with van der Waals surface area (Å²) in [6, 6.07) is 14.5. The van der Waals surface area contributed by atoms with Crippen molar-refractivity contribution in [1.82, 2.24) is 4.90 Å². The number of carbonyl (C=O) groups is 2. The zero-order valence-corrected chi connectivity index (χ0v) is 20.3. The molecule has 3 aromatic carbocycles. The molecule has 192 valence electrons. The number of rotatable bonds is 4. The number of ether oxygens (including phenoxy) is 1. The topological polar surface area (TPSA) is 61.9 Å². The van der Waals surface area contributed by atoms with E-state index in [1.165, 1.54) is 65.1 Å². The quantitative estimate of drug-likeness (QED) is 0.430. The molecule has 0 radical (unpaired) electrons. The number of hydrogen-bond acceptors (Lipinski definition) is 4. The maximum Gasteiger partial charge on any atom is 0.416 e. The van der Waals surface area contributed by atoms with Gasteiger partial charge in [0.2, 0.25) is 0 Å². The number of methoxy groups -OCH3 is 1. The van der Waals surface area contributed by atoms with Gasteiger partial charge in [0.25, 0.3) is 5.91 Å². The molecule has 1 atom stereocenters. The minimum atomic E-state index is -4.46. The van der Waals surface area contributed by atoms with Gasteiger partial charge in [0.15, 0.2) is 4.87 Å². The summed E-state index contributed by atoms with van der Waals surface area (Å²) in [6.07, 6.45) is -4.46. The smallest absolute Gasteiger partial charge is 0.416 e. The Balaban J connectivity index is 1.50. The van der Waals surface area contributed by atoms with Crippen LogP contribution in [0.1, 0.15) is 16.7 Å². The summed E-state index contributed by atoms with van der Waals surface area (Å²) in [4.78, 5) is 28.9. The highest BCUT2D eigenvalue weighted by molar-refractivity contribution is 8.01. The number of carbonyl (C=O) groups excluding carboxylic acids is 2. The van der Waals surface area contributed by atoms with Gasteiger partial charge in [-0.2, -0.15) is 13.2 Å². The zero-order valence-electron chi connectivity index (χ0n) is 19.5. The van der Waals surface area contributed by atoms with Gasteiger partial charge in [0.05, 0.1) is 24.9 Å². The minimum Gasteiger partial charge on any atom is -0.497 e. The number of benzene rings is 3. The second-order valence-electron chi connectivity index (χ2n) is 8.55. The molecular weight excluding hydrogens is 510 g/mol. The summed E-state index contributed by atoms with van der Waals surface area (Å²) < 4.78 is 57.7. The van der Waals surface area contributed by atoms with Gasteiger partial charge in [-0.05, 0) is 60.2 Å². The number of halogens is 4. The first-order chi connectivity index (χ1) is 17.6. The Morgan fingerprint density at radius 3 is 2.43 bits per heavy atom. The van der Waals surface area contributed by atoms with Gasteiger partial charge in [-0.25, -0.2) is 9.18 Å². The number of nitrogens with zero attached hydrogens (tertiary/aromatic N) is 2. The van der Waals surface area contributed by atoms with Crippen LogP contribution in [0.5, 0.6) is 5.75 Å². The molecule has 1 fully saturated rings. The summed E-state index contributed by atoms with van der Waals surface area (Å²) in [5.74, 6) is 0.145. The Labute approximate surface area is 214 Å². The number of anilines is 2. The second kappa shape index (κ2) is 9.29. The largest absolute Gasteiger partial charge is 0.497 e. The van der Waals surface area contributed by atoms with E-state index in [0.29, 0.717) is 34.0 Å². The third-order valence-electron chi connectivity index (χ3n) is 6.36. The van der Waals surface area contributed by atoms with Gasteiger partial charge in [0, 0.05) is 23.5 Å². The molecule has 1 saturated heterocycles. The molecule has 5 rings (SSSR count). The third-order valence-corrected chi connectivity index (χ3v) is 7.78. The molecule has 3 aromatic rings. The van der Waals surface area contributed by atoms with Crippen LogP contribution in [-0.4, -0.2) is 36.2 Å². The van der Waals surface area contributed by atoms with Crippen LogP contribution in [0, 0.1) is 5.82 Å². The number of fused-ring (bicyclic) bond motifs is 2. The summed E-state index contributed by atoms with van der Waals surface area (Å²) in [7, 11) is 1.49. The molecule has 1 N–H and O–H groups in total. The molecule has 1 unspecified atom stereocenters. The van der Waals surface area contributed by atoms with Gasteiger partial charge in [-0.15, -0.1) is 11.8 Å². The summed E-state index contributed by atoms with van der Waals surface area (Å²) >= 11 is 1.30. The normalized spacial score (nSPS) is 18.9. The highest BCUT2D eigenvalue weighted by atomic mass is 32.2. The van der Waals surface area contributed by atoms with Crippen molar-refractivity contribution in [2.75, 3.05) is 29.6 Å². The first-order valence-electron chi connectivity index (χ1n) is 11.3. The molecular formula is C26H21F4N3O3S. The van der Waals surface area contributed by atoms with Crippen molar-refractivity contribution >= 4 is 35.1 Å². The predicted octanol–water partition coefficient (Wildman–Crippen LogP) is 5.83. The van der Waals surface area contributed by atoms with E-state index < -0.39 is 28.5 Å². The second-order valence-corrected chi connectivity index (χ2v) is 9.84. The van der Waals surface area contributed by atoms with E-state index in [9.17, 15) is 27.2 Å². The lowest BCUT2D eigenvalue weighted by Crippen LogP contribution is -2.51. The number of nitrogens with one attached hydrogen (secondary N) is 1. The van der Waals surface area contributed by atoms with Crippen LogP contribution in [0.25, 0.3) is 0 Å². The Morgan fingerprint density at radius 2 is 1.78 bits per heavy atom. The molecule has 0 aliphatic carbocycles. The van der Waals surface area contributed by atoms with Crippen LogP contribution < -0.4 is 15.0 Å². The molecule has 2 aliphatic heterocycles. The molecule has 11 heteroatoms. The number of urea groups is 1. The van der Waals surface area contributed by atoms with Crippen molar-refractivity contribution in [2.24, 2.45) is 0 Å². The van der Waals surface area contributed by atoms with Gasteiger partial charge in [-0.1, -0.05) is 12.1 Å². The molecule has 1 spiro atoms. The van der Waals surface area contributed by atoms with Gasteiger partial charge < -0.3 is 15.0 Å². The fraction of sp³-hybridized carbons (Fsp3) is 0.231. The lowest BCUT2D eigenvalue weighted by atomic mass is 10.1. The first kappa shape index (κ1) is 24.9. The fourth-order valence-corrected chi connectivity index (χ4v) is 6.04. The Morgan fingerprint density at radius 1 is 1.08 bits per heavy atom. The summed E-state index contributed by atoms with van der Waals surface area (Å²) in [5.41, 5.74) is 1.20. The van der Waals surface area contributed by atoms with Crippen LogP contribution in [0.4, 0.5) is 33.7 Å². The standard InChI is InChI=1S/C26H21F4N3O3S/c1-36-20-10-11-22-21(14-20)25(23(34)32(22)15-16-2-4-17(5-3-16)26(28,29)30)33(12-13-37-25)24(35)31-19-8-6-18(27)7-9-19/h2-11,14H,12-13,15H2,1H3,(H,31,35).